The van der Waals surface area contributed by atoms with Crippen molar-refractivity contribution in [3.8, 4) is 5.75 Å². The molecule has 7 heteroatoms. The van der Waals surface area contributed by atoms with Crippen LogP contribution in [0.25, 0.3) is 6.08 Å². The Bertz CT molecular complexity index is 885. The Morgan fingerprint density at radius 1 is 1.26 bits per heavy atom. The standard InChI is InChI=1S/C20H25F2NO2.C8H16O2/c1-13(2)4-6-16-14(3)5-7-17(24)18(16)19(25)23-12-15-8-10-20(21,22)11-9-15;1-3-5-6-7(4-2)8(9)10/h4-7,15,24H,1,8-12H2,2-3H3,(H,23,25);7H,3-6H2,1-2H3,(H,9,10)/b6-4-;. The highest BCUT2D eigenvalue weighted by atomic mass is 19.3. The molecule has 1 fully saturated rings. The van der Waals surface area contributed by atoms with Gasteiger partial charge in [-0.1, -0.05) is 57.1 Å². The van der Waals surface area contributed by atoms with Crippen LogP contribution >= 0.6 is 0 Å². The predicted octanol–water partition coefficient (Wildman–Crippen LogP) is 7.13. The number of carboxylic acid groups (broad SMARTS) is 1. The molecule has 0 radical (unpaired) electrons. The van der Waals surface area contributed by atoms with Gasteiger partial charge in [-0.25, -0.2) is 8.78 Å². The van der Waals surface area contributed by atoms with Crippen molar-refractivity contribution in [2.45, 2.75) is 85.0 Å². The second kappa shape index (κ2) is 14.6. The summed E-state index contributed by atoms with van der Waals surface area (Å²) in [5.74, 6) is -3.77. The zero-order valence-corrected chi connectivity index (χ0v) is 21.5. The number of alkyl halides is 2. The summed E-state index contributed by atoms with van der Waals surface area (Å²) in [7, 11) is 0. The first-order valence-corrected chi connectivity index (χ1v) is 12.5. The fraction of sp³-hybridized carbons (Fsp3) is 0.571. The van der Waals surface area contributed by atoms with Gasteiger partial charge in [-0.05, 0) is 62.6 Å². The maximum Gasteiger partial charge on any atom is 0.306 e. The zero-order valence-electron chi connectivity index (χ0n) is 21.5. The molecular formula is C28H41F2NO4. The van der Waals surface area contributed by atoms with Gasteiger partial charge in [0.25, 0.3) is 5.91 Å². The van der Waals surface area contributed by atoms with Crippen LogP contribution in [0.3, 0.4) is 0 Å². The number of benzene rings is 1. The minimum atomic E-state index is -2.57. The van der Waals surface area contributed by atoms with Crippen LogP contribution in [0, 0.1) is 18.8 Å². The Balaban J connectivity index is 0.000000518. The number of carboxylic acids is 1. The molecule has 0 aliphatic heterocycles. The smallest absolute Gasteiger partial charge is 0.306 e. The topological polar surface area (TPSA) is 86.6 Å². The second-order valence-electron chi connectivity index (χ2n) is 9.46. The van der Waals surface area contributed by atoms with Crippen molar-refractivity contribution in [1.82, 2.24) is 5.32 Å². The van der Waals surface area contributed by atoms with Gasteiger partial charge in [0.1, 0.15) is 5.75 Å². The van der Waals surface area contributed by atoms with E-state index in [2.05, 4.69) is 18.8 Å². The molecule has 35 heavy (non-hydrogen) atoms. The maximum absolute atomic E-state index is 13.2. The van der Waals surface area contributed by atoms with Gasteiger partial charge < -0.3 is 15.5 Å². The van der Waals surface area contributed by atoms with Gasteiger partial charge >= 0.3 is 5.97 Å². The van der Waals surface area contributed by atoms with Crippen LogP contribution in [-0.4, -0.2) is 34.6 Å². The number of rotatable bonds is 10. The molecule has 1 unspecified atom stereocenters. The summed E-state index contributed by atoms with van der Waals surface area (Å²) in [4.78, 5) is 23.0. The first kappa shape index (κ1) is 30.3. The molecule has 0 saturated heterocycles. The number of carbonyl (C=O) groups is 2. The van der Waals surface area contributed by atoms with Crippen molar-refractivity contribution in [2.75, 3.05) is 6.54 Å². The summed E-state index contributed by atoms with van der Waals surface area (Å²) in [5.41, 5.74) is 2.53. The number of phenols is 1. The molecular weight excluding hydrogens is 452 g/mol. The first-order chi connectivity index (χ1) is 16.4. The third-order valence-corrected chi connectivity index (χ3v) is 6.34. The minimum Gasteiger partial charge on any atom is -0.507 e. The number of halogens is 2. The van der Waals surface area contributed by atoms with E-state index in [1.807, 2.05) is 20.8 Å². The average Bonchev–Trinajstić information content (AvgIpc) is 2.79. The third-order valence-electron chi connectivity index (χ3n) is 6.34. The normalized spacial score (nSPS) is 16.3. The van der Waals surface area contributed by atoms with Gasteiger partial charge in [0.05, 0.1) is 11.5 Å². The van der Waals surface area contributed by atoms with Gasteiger partial charge in [0, 0.05) is 19.4 Å². The predicted molar refractivity (Wildman–Crippen MR) is 137 cm³/mol. The van der Waals surface area contributed by atoms with Gasteiger partial charge in [-0.15, -0.1) is 0 Å². The highest BCUT2D eigenvalue weighted by molar-refractivity contribution is 6.01. The van der Waals surface area contributed by atoms with Crippen LogP contribution in [0.4, 0.5) is 8.78 Å². The van der Waals surface area contributed by atoms with Crippen molar-refractivity contribution < 1.29 is 28.6 Å². The molecule has 2 rings (SSSR count). The van der Waals surface area contributed by atoms with Gasteiger partial charge in [0.15, 0.2) is 0 Å². The molecule has 0 aromatic heterocycles. The van der Waals surface area contributed by atoms with E-state index in [4.69, 9.17) is 5.11 Å². The number of aryl methyl sites for hydroxylation is 1. The highest BCUT2D eigenvalue weighted by Gasteiger charge is 2.35. The number of amides is 1. The van der Waals surface area contributed by atoms with E-state index in [9.17, 15) is 23.5 Å². The number of allylic oxidation sites excluding steroid dienone is 2. The molecule has 1 aromatic rings. The summed E-state index contributed by atoms with van der Waals surface area (Å²) in [6.45, 7) is 11.8. The number of carbonyl (C=O) groups excluding carboxylic acids is 1. The van der Waals surface area contributed by atoms with E-state index in [-0.39, 0.29) is 41.9 Å². The van der Waals surface area contributed by atoms with Crippen LogP contribution in [0.15, 0.2) is 30.4 Å². The highest BCUT2D eigenvalue weighted by Crippen LogP contribution is 2.36. The number of phenolic OH excluding ortho intramolecular Hbond substituents is 1. The number of unbranched alkanes of at least 4 members (excludes halogenated alkanes) is 1. The van der Waals surface area contributed by atoms with Crippen molar-refractivity contribution in [3.05, 3.63) is 47.1 Å². The van der Waals surface area contributed by atoms with Crippen LogP contribution in [0.1, 0.15) is 93.6 Å². The Kier molecular flexibility index (Phi) is 12.7. The fourth-order valence-corrected chi connectivity index (χ4v) is 3.97. The minimum absolute atomic E-state index is 0.0462. The van der Waals surface area contributed by atoms with E-state index in [1.165, 1.54) is 6.07 Å². The molecule has 196 valence electrons. The van der Waals surface area contributed by atoms with E-state index >= 15 is 0 Å². The van der Waals surface area contributed by atoms with E-state index < -0.39 is 11.9 Å². The second-order valence-corrected chi connectivity index (χ2v) is 9.46. The Morgan fingerprint density at radius 2 is 1.89 bits per heavy atom. The number of hydrogen-bond donors (Lipinski definition) is 3. The summed E-state index contributed by atoms with van der Waals surface area (Å²) >= 11 is 0. The SMILES string of the molecule is C=C(C)/C=C\c1c(C)ccc(O)c1C(=O)NCC1CCC(F)(F)CC1.CCCCC(CC)C(=O)O. The monoisotopic (exact) mass is 493 g/mol. The molecule has 1 aliphatic carbocycles. The zero-order chi connectivity index (χ0) is 26.6. The molecule has 1 saturated carbocycles. The lowest BCUT2D eigenvalue weighted by molar-refractivity contribution is -0.142. The van der Waals surface area contributed by atoms with Crippen molar-refractivity contribution in [3.63, 3.8) is 0 Å². The molecule has 1 atom stereocenters. The largest absolute Gasteiger partial charge is 0.507 e. The van der Waals surface area contributed by atoms with Crippen molar-refractivity contribution in [1.29, 1.82) is 0 Å². The fourth-order valence-electron chi connectivity index (χ4n) is 3.97. The van der Waals surface area contributed by atoms with E-state index in [0.29, 0.717) is 24.9 Å². The number of aromatic hydroxyl groups is 1. The summed E-state index contributed by atoms with van der Waals surface area (Å²) in [6.07, 6.45) is 7.79. The Labute approximate surface area is 208 Å². The molecule has 1 aromatic carbocycles. The van der Waals surface area contributed by atoms with Gasteiger partial charge in [0.2, 0.25) is 5.92 Å². The summed E-state index contributed by atoms with van der Waals surface area (Å²) in [6, 6.07) is 3.23. The van der Waals surface area contributed by atoms with E-state index in [1.54, 1.807) is 18.2 Å². The van der Waals surface area contributed by atoms with Crippen LogP contribution in [0.5, 0.6) is 5.75 Å². The van der Waals surface area contributed by atoms with Gasteiger partial charge in [-0.2, -0.15) is 0 Å². The maximum atomic E-state index is 13.2. The first-order valence-electron chi connectivity index (χ1n) is 12.5. The number of aliphatic carboxylic acids is 1. The Hall–Kier alpha value is -2.70. The lowest BCUT2D eigenvalue weighted by atomic mass is 9.86. The average molecular weight is 494 g/mol. The number of hydrogen-bond acceptors (Lipinski definition) is 3. The molecule has 5 nitrogen and oxygen atoms in total. The quantitative estimate of drug-likeness (QED) is 0.303. The third kappa shape index (κ3) is 10.6. The van der Waals surface area contributed by atoms with E-state index in [0.717, 1.165) is 36.8 Å². The molecule has 1 amide bonds. The molecule has 3 N–H and O–H groups in total. The Morgan fingerprint density at radius 3 is 2.40 bits per heavy atom. The summed E-state index contributed by atoms with van der Waals surface area (Å²) in [5, 5.41) is 21.5. The van der Waals surface area contributed by atoms with Crippen molar-refractivity contribution in [2.24, 2.45) is 11.8 Å². The lowest BCUT2D eigenvalue weighted by Gasteiger charge is -2.28. The van der Waals surface area contributed by atoms with Crippen LogP contribution < -0.4 is 5.32 Å². The molecule has 0 bridgehead atoms. The van der Waals surface area contributed by atoms with Crippen molar-refractivity contribution >= 4 is 18.0 Å². The molecule has 1 aliphatic rings. The van der Waals surface area contributed by atoms with Gasteiger partial charge in [-0.3, -0.25) is 9.59 Å². The van der Waals surface area contributed by atoms with Crippen LogP contribution in [0.2, 0.25) is 0 Å². The molecule has 0 spiro atoms. The molecule has 0 heterocycles. The number of nitrogens with one attached hydrogen (secondary N) is 1. The summed E-state index contributed by atoms with van der Waals surface area (Å²) < 4.78 is 26.4. The lowest BCUT2D eigenvalue weighted by Crippen LogP contribution is -2.34. The van der Waals surface area contributed by atoms with Crippen LogP contribution in [-0.2, 0) is 4.79 Å².